The van der Waals surface area contributed by atoms with Gasteiger partial charge in [0.05, 0.1) is 11.9 Å². The quantitative estimate of drug-likeness (QED) is 0.517. The summed E-state index contributed by atoms with van der Waals surface area (Å²) in [5.41, 5.74) is 1.36. The average molecular weight is 401 g/mol. The highest BCUT2D eigenvalue weighted by Gasteiger charge is 2.25. The summed E-state index contributed by atoms with van der Waals surface area (Å²) in [6, 6.07) is 15.2. The molecule has 1 aliphatic rings. The predicted molar refractivity (Wildman–Crippen MR) is 108 cm³/mol. The fourth-order valence-electron chi connectivity index (χ4n) is 3.67. The molecule has 1 saturated heterocycles. The van der Waals surface area contributed by atoms with Crippen molar-refractivity contribution in [3.63, 3.8) is 0 Å². The van der Waals surface area contributed by atoms with Crippen molar-refractivity contribution in [3.05, 3.63) is 66.6 Å². The van der Waals surface area contributed by atoms with Crippen molar-refractivity contribution >= 4 is 16.7 Å². The highest BCUT2D eigenvalue weighted by atomic mass is 16.5. The van der Waals surface area contributed by atoms with Crippen molar-refractivity contribution in [2.75, 3.05) is 13.1 Å². The number of benzene rings is 2. The molecule has 9 heteroatoms. The molecule has 5 rings (SSSR count). The maximum Gasteiger partial charge on any atom is 0.253 e. The number of ether oxygens (including phenoxy) is 1. The number of carbonyl (C=O) groups excluding carboxylic acids is 1. The summed E-state index contributed by atoms with van der Waals surface area (Å²) < 4.78 is 7.66. The first-order valence-electron chi connectivity index (χ1n) is 9.78. The Morgan fingerprint density at radius 2 is 1.90 bits per heavy atom. The number of rotatable bonds is 4. The molecule has 0 radical (unpaired) electrons. The van der Waals surface area contributed by atoms with Gasteiger partial charge in [-0.15, -0.1) is 10.2 Å². The molecule has 0 unspecified atom stereocenters. The molecule has 0 atom stereocenters. The second kappa shape index (κ2) is 7.86. The van der Waals surface area contributed by atoms with Crippen LogP contribution in [0.2, 0.25) is 0 Å². The van der Waals surface area contributed by atoms with Crippen molar-refractivity contribution in [1.82, 2.24) is 35.3 Å². The van der Waals surface area contributed by atoms with Crippen LogP contribution < -0.4 is 4.74 Å². The highest BCUT2D eigenvalue weighted by molar-refractivity contribution is 5.94. The van der Waals surface area contributed by atoms with Gasteiger partial charge in [0.25, 0.3) is 5.91 Å². The maximum atomic E-state index is 13.0. The van der Waals surface area contributed by atoms with Crippen molar-refractivity contribution in [3.8, 4) is 11.6 Å². The van der Waals surface area contributed by atoms with E-state index < -0.39 is 0 Å². The van der Waals surface area contributed by atoms with Gasteiger partial charge in [-0.3, -0.25) is 4.79 Å². The zero-order valence-electron chi connectivity index (χ0n) is 16.1. The van der Waals surface area contributed by atoms with Crippen LogP contribution in [0.1, 0.15) is 23.2 Å². The SMILES string of the molecule is O=C(c1cccc(-n2cnnn2)c1)N1CCC(Oc2nncc3ccccc23)CC1. The smallest absolute Gasteiger partial charge is 0.253 e. The second-order valence-corrected chi connectivity index (χ2v) is 7.15. The van der Waals surface area contributed by atoms with Gasteiger partial charge < -0.3 is 9.64 Å². The first-order chi connectivity index (χ1) is 14.8. The lowest BCUT2D eigenvalue weighted by molar-refractivity contribution is 0.0589. The predicted octanol–water partition coefficient (Wildman–Crippen LogP) is 2.29. The fraction of sp³-hybridized carbons (Fsp3) is 0.238. The fourth-order valence-corrected chi connectivity index (χ4v) is 3.67. The first kappa shape index (κ1) is 18.2. The molecule has 9 nitrogen and oxygen atoms in total. The van der Waals surface area contributed by atoms with Gasteiger partial charge in [-0.2, -0.15) is 5.10 Å². The van der Waals surface area contributed by atoms with Crippen molar-refractivity contribution in [1.29, 1.82) is 0 Å². The Labute approximate surface area is 172 Å². The van der Waals surface area contributed by atoms with E-state index in [9.17, 15) is 4.79 Å². The van der Waals surface area contributed by atoms with E-state index in [2.05, 4.69) is 25.7 Å². The standard InChI is InChI=1S/C21H19N7O2/c29-21(15-5-3-6-17(12-15)28-14-23-25-26-28)27-10-8-18(9-11-27)30-20-19-7-2-1-4-16(19)13-22-24-20/h1-7,12-14,18H,8-11H2. The molecule has 0 aliphatic carbocycles. The summed E-state index contributed by atoms with van der Waals surface area (Å²) in [4.78, 5) is 14.8. The molecular weight excluding hydrogens is 382 g/mol. The Balaban J connectivity index is 1.25. The van der Waals surface area contributed by atoms with Gasteiger partial charge in [0.2, 0.25) is 5.88 Å². The van der Waals surface area contributed by atoms with Crippen molar-refractivity contribution < 1.29 is 9.53 Å². The van der Waals surface area contributed by atoms with Gasteiger partial charge in [-0.1, -0.05) is 24.3 Å². The molecule has 1 aliphatic heterocycles. The van der Waals surface area contributed by atoms with Crippen LogP contribution in [0.5, 0.6) is 5.88 Å². The number of aromatic nitrogens is 6. The van der Waals surface area contributed by atoms with Gasteiger partial charge in [-0.05, 0) is 34.7 Å². The van der Waals surface area contributed by atoms with E-state index in [1.165, 1.54) is 11.0 Å². The van der Waals surface area contributed by atoms with Crippen LogP contribution >= 0.6 is 0 Å². The monoisotopic (exact) mass is 401 g/mol. The third-order valence-corrected chi connectivity index (χ3v) is 5.25. The van der Waals surface area contributed by atoms with Crippen LogP contribution in [-0.4, -0.2) is 60.4 Å². The molecule has 150 valence electrons. The van der Waals surface area contributed by atoms with E-state index in [4.69, 9.17) is 4.74 Å². The number of hydrogen-bond donors (Lipinski definition) is 0. The molecule has 2 aromatic heterocycles. The molecule has 1 amide bonds. The van der Waals surface area contributed by atoms with E-state index >= 15 is 0 Å². The number of fused-ring (bicyclic) bond motifs is 1. The molecule has 0 N–H and O–H groups in total. The number of hydrogen-bond acceptors (Lipinski definition) is 7. The van der Waals surface area contributed by atoms with Gasteiger partial charge in [-0.25, -0.2) is 4.68 Å². The van der Waals surface area contributed by atoms with E-state index in [0.29, 0.717) is 24.5 Å². The highest BCUT2D eigenvalue weighted by Crippen LogP contribution is 2.25. The summed E-state index contributed by atoms with van der Waals surface area (Å²) in [6.07, 6.45) is 4.71. The minimum Gasteiger partial charge on any atom is -0.473 e. The number of tetrazole rings is 1. The number of likely N-dealkylation sites (tertiary alicyclic amines) is 1. The summed E-state index contributed by atoms with van der Waals surface area (Å²) in [5, 5.41) is 21.3. The molecule has 0 saturated carbocycles. The maximum absolute atomic E-state index is 13.0. The summed E-state index contributed by atoms with van der Waals surface area (Å²) in [6.45, 7) is 1.24. The second-order valence-electron chi connectivity index (χ2n) is 7.15. The van der Waals surface area contributed by atoms with Crippen molar-refractivity contribution in [2.45, 2.75) is 18.9 Å². The lowest BCUT2D eigenvalue weighted by Crippen LogP contribution is -2.41. The average Bonchev–Trinajstić information content (AvgIpc) is 3.35. The largest absolute Gasteiger partial charge is 0.473 e. The number of carbonyl (C=O) groups is 1. The summed E-state index contributed by atoms with van der Waals surface area (Å²) in [7, 11) is 0. The first-order valence-corrected chi connectivity index (χ1v) is 9.78. The topological polar surface area (TPSA) is 98.9 Å². The molecule has 0 bridgehead atoms. The Morgan fingerprint density at radius 3 is 2.73 bits per heavy atom. The van der Waals surface area contributed by atoms with Gasteiger partial charge >= 0.3 is 0 Å². The Hall–Kier alpha value is -3.88. The van der Waals surface area contributed by atoms with Crippen LogP contribution in [0.25, 0.3) is 16.5 Å². The molecule has 2 aromatic carbocycles. The Morgan fingerprint density at radius 1 is 1.03 bits per heavy atom. The van der Waals surface area contributed by atoms with Crippen LogP contribution in [0, 0.1) is 0 Å². The minimum atomic E-state index is -0.00618. The molecule has 1 fully saturated rings. The van der Waals surface area contributed by atoms with Gasteiger partial charge in [0.1, 0.15) is 12.4 Å². The molecule has 4 aromatic rings. The van der Waals surface area contributed by atoms with Gasteiger partial charge in [0, 0.05) is 42.3 Å². The molecule has 3 heterocycles. The third kappa shape index (κ3) is 3.57. The molecular formula is C21H19N7O2. The van der Waals surface area contributed by atoms with E-state index in [1.54, 1.807) is 12.3 Å². The normalized spacial score (nSPS) is 14.7. The number of piperidine rings is 1. The van der Waals surface area contributed by atoms with E-state index in [-0.39, 0.29) is 12.0 Å². The number of nitrogens with zero attached hydrogens (tertiary/aromatic N) is 7. The van der Waals surface area contributed by atoms with E-state index in [1.807, 2.05) is 47.4 Å². The summed E-state index contributed by atoms with van der Waals surface area (Å²) >= 11 is 0. The van der Waals surface area contributed by atoms with Crippen LogP contribution in [0.15, 0.2) is 61.1 Å². The van der Waals surface area contributed by atoms with Gasteiger partial charge in [0.15, 0.2) is 0 Å². The molecule has 30 heavy (non-hydrogen) atoms. The van der Waals surface area contributed by atoms with Crippen LogP contribution in [0.3, 0.4) is 0 Å². The summed E-state index contributed by atoms with van der Waals surface area (Å²) in [5.74, 6) is 0.542. The minimum absolute atomic E-state index is 0.00159. The number of amides is 1. The zero-order chi connectivity index (χ0) is 20.3. The lowest BCUT2D eigenvalue weighted by atomic mass is 10.1. The Bertz CT molecular complexity index is 1170. The zero-order valence-corrected chi connectivity index (χ0v) is 16.1. The van der Waals surface area contributed by atoms with Crippen LogP contribution in [-0.2, 0) is 0 Å². The third-order valence-electron chi connectivity index (χ3n) is 5.25. The van der Waals surface area contributed by atoms with Crippen molar-refractivity contribution in [2.24, 2.45) is 0 Å². The lowest BCUT2D eigenvalue weighted by Gasteiger charge is -2.32. The molecule has 0 spiro atoms. The van der Waals surface area contributed by atoms with E-state index in [0.717, 1.165) is 29.3 Å². The Kier molecular flexibility index (Phi) is 4.76. The van der Waals surface area contributed by atoms with Crippen LogP contribution in [0.4, 0.5) is 0 Å².